The first-order valence-electron chi connectivity index (χ1n) is 5.72. The van der Waals surface area contributed by atoms with Crippen LogP contribution in [0.15, 0.2) is 24.3 Å². The molecule has 1 amide bonds. The maximum absolute atomic E-state index is 10.9. The fraction of sp³-hybridized carbons (Fsp3) is 0.385. The van der Waals surface area contributed by atoms with Gasteiger partial charge in [-0.05, 0) is 36.2 Å². The van der Waals surface area contributed by atoms with E-state index in [2.05, 4.69) is 30.5 Å². The maximum atomic E-state index is 10.9. The van der Waals surface area contributed by atoms with Gasteiger partial charge in [0.15, 0.2) is 5.11 Å². The lowest BCUT2D eigenvalue weighted by Gasteiger charge is -2.16. The second-order valence-electron chi connectivity index (χ2n) is 4.03. The Morgan fingerprint density at radius 3 is 2.65 bits per heavy atom. The quantitative estimate of drug-likeness (QED) is 0.810. The van der Waals surface area contributed by atoms with Crippen molar-refractivity contribution in [2.24, 2.45) is 0 Å². The normalized spacial score (nSPS) is 11.7. The van der Waals surface area contributed by atoms with Gasteiger partial charge >= 0.3 is 0 Å². The minimum absolute atomic E-state index is 0.163. The fourth-order valence-corrected chi connectivity index (χ4v) is 1.83. The van der Waals surface area contributed by atoms with E-state index >= 15 is 0 Å². The largest absolute Gasteiger partial charge is 0.332 e. The highest BCUT2D eigenvalue weighted by Gasteiger charge is 2.09. The van der Waals surface area contributed by atoms with E-state index in [1.807, 2.05) is 18.2 Å². The number of benzene rings is 1. The highest BCUT2D eigenvalue weighted by Crippen LogP contribution is 2.26. The number of amides is 1. The summed E-state index contributed by atoms with van der Waals surface area (Å²) in [6.07, 6.45) is 1.06. The van der Waals surface area contributed by atoms with Gasteiger partial charge in [-0.2, -0.15) is 0 Å². The molecule has 17 heavy (non-hydrogen) atoms. The minimum Gasteiger partial charge on any atom is -0.332 e. The van der Waals surface area contributed by atoms with Crippen molar-refractivity contribution >= 4 is 28.9 Å². The number of rotatable bonds is 3. The summed E-state index contributed by atoms with van der Waals surface area (Å²) < 4.78 is 0. The number of para-hydroxylation sites is 1. The molecule has 0 bridgehead atoms. The topological polar surface area (TPSA) is 41.1 Å². The zero-order valence-electron chi connectivity index (χ0n) is 10.4. The molecular weight excluding hydrogens is 232 g/mol. The Kier molecular flexibility index (Phi) is 5.10. The monoisotopic (exact) mass is 250 g/mol. The molecule has 0 saturated carbocycles. The van der Waals surface area contributed by atoms with Crippen LogP contribution in [0.3, 0.4) is 0 Å². The van der Waals surface area contributed by atoms with E-state index in [0.717, 1.165) is 12.1 Å². The number of thiocarbonyl (C=S) groups is 1. The first-order chi connectivity index (χ1) is 8.04. The van der Waals surface area contributed by atoms with Crippen LogP contribution in [-0.4, -0.2) is 11.0 Å². The Hall–Kier alpha value is -1.42. The highest BCUT2D eigenvalue weighted by atomic mass is 32.1. The van der Waals surface area contributed by atoms with Crippen LogP contribution in [0, 0.1) is 0 Å². The van der Waals surface area contributed by atoms with Crippen molar-refractivity contribution in [2.75, 3.05) is 5.32 Å². The molecule has 0 aromatic heterocycles. The van der Waals surface area contributed by atoms with Crippen LogP contribution in [-0.2, 0) is 4.79 Å². The standard InChI is InChI=1S/C13H18N2OS/c1-4-9(2)11-7-5-6-8-12(11)15-13(17)14-10(3)16/h5-9H,4H2,1-3H3,(H2,14,15,16,17). The molecule has 1 unspecified atom stereocenters. The zero-order chi connectivity index (χ0) is 12.8. The van der Waals surface area contributed by atoms with E-state index < -0.39 is 0 Å². The average molecular weight is 250 g/mol. The Bertz CT molecular complexity index is 418. The molecule has 92 valence electrons. The Morgan fingerprint density at radius 1 is 1.41 bits per heavy atom. The number of nitrogens with one attached hydrogen (secondary N) is 2. The van der Waals surface area contributed by atoms with Gasteiger partial charge < -0.3 is 10.6 Å². The molecule has 0 heterocycles. The SMILES string of the molecule is CCC(C)c1ccccc1NC(=S)NC(C)=O. The predicted octanol–water partition coefficient (Wildman–Crippen LogP) is 3.03. The summed E-state index contributed by atoms with van der Waals surface area (Å²) in [6, 6.07) is 8.00. The van der Waals surface area contributed by atoms with Crippen LogP contribution < -0.4 is 10.6 Å². The van der Waals surface area contributed by atoms with Crippen LogP contribution in [0.5, 0.6) is 0 Å². The molecule has 0 saturated heterocycles. The van der Waals surface area contributed by atoms with E-state index in [9.17, 15) is 4.79 Å². The lowest BCUT2D eigenvalue weighted by molar-refractivity contribution is -0.117. The van der Waals surface area contributed by atoms with Gasteiger partial charge in [0.25, 0.3) is 0 Å². The van der Waals surface area contributed by atoms with Gasteiger partial charge in [0.2, 0.25) is 5.91 Å². The van der Waals surface area contributed by atoms with Gasteiger partial charge in [-0.15, -0.1) is 0 Å². The van der Waals surface area contributed by atoms with Crippen molar-refractivity contribution in [3.05, 3.63) is 29.8 Å². The molecule has 0 radical (unpaired) electrons. The van der Waals surface area contributed by atoms with E-state index in [1.54, 1.807) is 0 Å². The van der Waals surface area contributed by atoms with Gasteiger partial charge in [-0.25, -0.2) is 0 Å². The van der Waals surface area contributed by atoms with Crippen molar-refractivity contribution in [2.45, 2.75) is 33.1 Å². The van der Waals surface area contributed by atoms with Crippen LogP contribution in [0.1, 0.15) is 38.7 Å². The average Bonchev–Trinajstić information content (AvgIpc) is 2.27. The summed E-state index contributed by atoms with van der Waals surface area (Å²) >= 11 is 5.05. The maximum Gasteiger partial charge on any atom is 0.222 e. The Balaban J connectivity index is 2.83. The highest BCUT2D eigenvalue weighted by molar-refractivity contribution is 7.80. The van der Waals surface area contributed by atoms with Crippen LogP contribution >= 0.6 is 12.2 Å². The first-order valence-corrected chi connectivity index (χ1v) is 6.13. The summed E-state index contributed by atoms with van der Waals surface area (Å²) in [5, 5.41) is 5.95. The molecule has 1 aromatic carbocycles. The zero-order valence-corrected chi connectivity index (χ0v) is 11.2. The van der Waals surface area contributed by atoms with Crippen molar-refractivity contribution in [1.29, 1.82) is 0 Å². The molecule has 1 rings (SSSR count). The van der Waals surface area contributed by atoms with Crippen molar-refractivity contribution in [3.8, 4) is 0 Å². The van der Waals surface area contributed by atoms with Gasteiger partial charge in [0.1, 0.15) is 0 Å². The molecule has 4 heteroatoms. The number of carbonyl (C=O) groups excluding carboxylic acids is 1. The molecule has 0 aliphatic heterocycles. The number of carbonyl (C=O) groups is 1. The Labute approximate surface area is 108 Å². The summed E-state index contributed by atoms with van der Waals surface area (Å²) in [7, 11) is 0. The van der Waals surface area contributed by atoms with E-state index in [1.165, 1.54) is 12.5 Å². The van der Waals surface area contributed by atoms with Crippen LogP contribution in [0.4, 0.5) is 5.69 Å². The molecule has 0 fully saturated rings. The summed E-state index contributed by atoms with van der Waals surface area (Å²) in [5.41, 5.74) is 2.17. The van der Waals surface area contributed by atoms with Crippen molar-refractivity contribution < 1.29 is 4.79 Å². The second-order valence-corrected chi connectivity index (χ2v) is 4.44. The third kappa shape index (κ3) is 4.15. The molecular formula is C13H18N2OS. The van der Waals surface area contributed by atoms with Gasteiger partial charge in [-0.1, -0.05) is 32.0 Å². The predicted molar refractivity (Wildman–Crippen MR) is 75.2 cm³/mol. The summed E-state index contributed by atoms with van der Waals surface area (Å²) in [4.78, 5) is 10.9. The lowest BCUT2D eigenvalue weighted by Crippen LogP contribution is -2.32. The summed E-state index contributed by atoms with van der Waals surface area (Å²) in [5.74, 6) is 0.294. The molecule has 1 aromatic rings. The molecule has 0 aliphatic carbocycles. The number of anilines is 1. The summed E-state index contributed by atoms with van der Waals surface area (Å²) in [6.45, 7) is 5.75. The van der Waals surface area contributed by atoms with Gasteiger partial charge in [-0.3, -0.25) is 4.79 Å². The van der Waals surface area contributed by atoms with Crippen molar-refractivity contribution in [3.63, 3.8) is 0 Å². The minimum atomic E-state index is -0.163. The first kappa shape index (κ1) is 13.6. The smallest absolute Gasteiger partial charge is 0.222 e. The number of hydrogen-bond acceptors (Lipinski definition) is 2. The number of hydrogen-bond donors (Lipinski definition) is 2. The van der Waals surface area contributed by atoms with Crippen molar-refractivity contribution in [1.82, 2.24) is 5.32 Å². The third-order valence-electron chi connectivity index (χ3n) is 2.64. The molecule has 2 N–H and O–H groups in total. The van der Waals surface area contributed by atoms with Gasteiger partial charge in [0.05, 0.1) is 0 Å². The van der Waals surface area contributed by atoms with Gasteiger partial charge in [0, 0.05) is 12.6 Å². The van der Waals surface area contributed by atoms with Crippen LogP contribution in [0.25, 0.3) is 0 Å². The van der Waals surface area contributed by atoms with E-state index in [4.69, 9.17) is 12.2 Å². The third-order valence-corrected chi connectivity index (χ3v) is 2.85. The molecule has 0 aliphatic rings. The molecule has 3 nitrogen and oxygen atoms in total. The van der Waals surface area contributed by atoms with E-state index in [-0.39, 0.29) is 5.91 Å². The lowest BCUT2D eigenvalue weighted by atomic mass is 9.97. The second kappa shape index (κ2) is 6.35. The molecule has 1 atom stereocenters. The molecule has 0 spiro atoms. The van der Waals surface area contributed by atoms with E-state index in [0.29, 0.717) is 11.0 Å². The fourth-order valence-electron chi connectivity index (χ4n) is 1.57. The van der Waals surface area contributed by atoms with Crippen LogP contribution in [0.2, 0.25) is 0 Å². The Morgan fingerprint density at radius 2 is 2.06 bits per heavy atom.